The number of hydrogen-bond acceptors (Lipinski definition) is 6. The SMILES string of the molecule is Cc1ccc(S(=O)(=O)N(C)C[C@@H]2Oc3c(cccc3N(C)C)C(=O)N([C@@H](C)CO)C[C@H]2C)cc1. The Morgan fingerprint density at radius 2 is 1.79 bits per heavy atom. The lowest BCUT2D eigenvalue weighted by Crippen LogP contribution is -2.50. The number of aliphatic hydroxyl groups is 1. The molecule has 2 aromatic carbocycles. The summed E-state index contributed by atoms with van der Waals surface area (Å²) in [6, 6.07) is 11.7. The smallest absolute Gasteiger partial charge is 0.258 e. The van der Waals surface area contributed by atoms with E-state index in [1.54, 1.807) is 55.3 Å². The number of nitrogens with zero attached hydrogens (tertiary/aromatic N) is 3. The molecule has 0 unspecified atom stereocenters. The molecule has 1 N–H and O–H groups in total. The van der Waals surface area contributed by atoms with Crippen molar-refractivity contribution in [3.8, 4) is 5.75 Å². The Kier molecular flexibility index (Phi) is 7.90. The lowest BCUT2D eigenvalue weighted by Gasteiger charge is -2.38. The Labute approximate surface area is 202 Å². The number of para-hydroxylation sites is 1. The van der Waals surface area contributed by atoms with E-state index in [1.165, 1.54) is 4.31 Å². The number of hydrogen-bond donors (Lipinski definition) is 1. The van der Waals surface area contributed by atoms with Gasteiger partial charge in [0.15, 0.2) is 5.75 Å². The maximum atomic E-state index is 13.4. The lowest BCUT2D eigenvalue weighted by molar-refractivity contribution is 0.0388. The number of aliphatic hydroxyl groups excluding tert-OH is 1. The number of carbonyl (C=O) groups excluding carboxylic acids is 1. The van der Waals surface area contributed by atoms with Crippen molar-refractivity contribution in [2.75, 3.05) is 45.7 Å². The van der Waals surface area contributed by atoms with Crippen LogP contribution < -0.4 is 9.64 Å². The fourth-order valence-corrected chi connectivity index (χ4v) is 5.22. The number of ether oxygens (including phenoxy) is 1. The number of aryl methyl sites for hydroxylation is 1. The minimum Gasteiger partial charge on any atom is -0.486 e. The van der Waals surface area contributed by atoms with Crippen LogP contribution in [-0.2, 0) is 10.0 Å². The number of fused-ring (bicyclic) bond motifs is 1. The second kappa shape index (κ2) is 10.3. The number of sulfonamides is 1. The van der Waals surface area contributed by atoms with Gasteiger partial charge in [-0.15, -0.1) is 0 Å². The maximum Gasteiger partial charge on any atom is 0.258 e. The molecule has 3 atom stereocenters. The van der Waals surface area contributed by atoms with E-state index in [9.17, 15) is 18.3 Å². The molecule has 0 saturated heterocycles. The average Bonchev–Trinajstić information content (AvgIpc) is 2.80. The first-order chi connectivity index (χ1) is 16.0. The summed E-state index contributed by atoms with van der Waals surface area (Å²) in [6.45, 7) is 5.90. The normalized spacial score (nSPS) is 19.8. The highest BCUT2D eigenvalue weighted by atomic mass is 32.2. The van der Waals surface area contributed by atoms with E-state index < -0.39 is 22.2 Å². The molecule has 9 heteroatoms. The minimum atomic E-state index is -3.73. The van der Waals surface area contributed by atoms with E-state index in [0.29, 0.717) is 17.9 Å². The predicted octanol–water partition coefficient (Wildman–Crippen LogP) is 2.60. The molecule has 34 heavy (non-hydrogen) atoms. The second-order valence-corrected chi connectivity index (χ2v) is 11.3. The van der Waals surface area contributed by atoms with Crippen LogP contribution in [0.3, 0.4) is 0 Å². The van der Waals surface area contributed by atoms with Crippen LogP contribution in [0.5, 0.6) is 5.75 Å². The van der Waals surface area contributed by atoms with Crippen molar-refractivity contribution in [1.29, 1.82) is 0 Å². The molecule has 1 aliphatic rings. The Hall–Kier alpha value is -2.62. The van der Waals surface area contributed by atoms with Gasteiger partial charge in [0.25, 0.3) is 5.91 Å². The molecule has 186 valence electrons. The standard InChI is InChI=1S/C25H35N3O5S/c1-17-10-12-20(13-11-17)34(31,32)27(6)15-23-18(2)14-28(19(3)16-29)25(30)21-8-7-9-22(26(4)5)24(21)33-23/h7-13,18-19,23,29H,14-16H2,1-6H3/t18-,19+,23+/m1/s1. The zero-order valence-electron chi connectivity index (χ0n) is 20.7. The molecule has 2 aromatic rings. The summed E-state index contributed by atoms with van der Waals surface area (Å²) in [5.41, 5.74) is 2.10. The highest BCUT2D eigenvalue weighted by molar-refractivity contribution is 7.89. The molecule has 0 radical (unpaired) electrons. The van der Waals surface area contributed by atoms with Gasteiger partial charge < -0.3 is 19.6 Å². The molecular formula is C25H35N3O5S. The van der Waals surface area contributed by atoms with E-state index in [1.807, 2.05) is 38.9 Å². The fraction of sp³-hybridized carbons (Fsp3) is 0.480. The lowest BCUT2D eigenvalue weighted by atomic mass is 9.99. The highest BCUT2D eigenvalue weighted by Gasteiger charge is 2.36. The number of carbonyl (C=O) groups is 1. The molecule has 0 aromatic heterocycles. The van der Waals surface area contributed by atoms with Crippen LogP contribution in [0.1, 0.15) is 29.8 Å². The van der Waals surface area contributed by atoms with Gasteiger partial charge in [-0.3, -0.25) is 4.79 Å². The molecule has 1 aliphatic heterocycles. The molecule has 0 saturated carbocycles. The van der Waals surface area contributed by atoms with Crippen LogP contribution in [0.15, 0.2) is 47.4 Å². The van der Waals surface area contributed by atoms with E-state index in [0.717, 1.165) is 11.3 Å². The van der Waals surface area contributed by atoms with Gasteiger partial charge in [-0.2, -0.15) is 4.31 Å². The second-order valence-electron chi connectivity index (χ2n) is 9.27. The van der Waals surface area contributed by atoms with E-state index in [2.05, 4.69) is 0 Å². The third kappa shape index (κ3) is 5.21. The average molecular weight is 490 g/mol. The summed E-state index contributed by atoms with van der Waals surface area (Å²) in [6.07, 6.45) is -0.522. The number of benzene rings is 2. The fourth-order valence-electron chi connectivity index (χ4n) is 4.04. The van der Waals surface area contributed by atoms with Crippen molar-refractivity contribution in [3.05, 3.63) is 53.6 Å². The maximum absolute atomic E-state index is 13.4. The molecule has 1 amide bonds. The highest BCUT2D eigenvalue weighted by Crippen LogP contribution is 2.36. The topological polar surface area (TPSA) is 90.4 Å². The molecule has 8 nitrogen and oxygen atoms in total. The van der Waals surface area contributed by atoms with Crippen LogP contribution in [0.2, 0.25) is 0 Å². The molecule has 3 rings (SSSR count). The van der Waals surface area contributed by atoms with Crippen LogP contribution in [-0.4, -0.2) is 81.6 Å². The van der Waals surface area contributed by atoms with Crippen molar-refractivity contribution in [2.45, 2.75) is 37.8 Å². The predicted molar refractivity (Wildman–Crippen MR) is 133 cm³/mol. The van der Waals surface area contributed by atoms with E-state index in [4.69, 9.17) is 4.74 Å². The first-order valence-electron chi connectivity index (χ1n) is 11.4. The number of anilines is 1. The number of amides is 1. The Morgan fingerprint density at radius 3 is 2.38 bits per heavy atom. The van der Waals surface area contributed by atoms with Crippen LogP contribution in [0, 0.1) is 12.8 Å². The van der Waals surface area contributed by atoms with E-state index in [-0.39, 0.29) is 29.9 Å². The largest absolute Gasteiger partial charge is 0.486 e. The first-order valence-corrected chi connectivity index (χ1v) is 12.8. The summed E-state index contributed by atoms with van der Waals surface area (Å²) < 4.78 is 34.2. The van der Waals surface area contributed by atoms with Crippen LogP contribution >= 0.6 is 0 Å². The van der Waals surface area contributed by atoms with Crippen LogP contribution in [0.4, 0.5) is 5.69 Å². The first kappa shape index (κ1) is 26.0. The monoisotopic (exact) mass is 489 g/mol. The van der Waals surface area contributed by atoms with Crippen molar-refractivity contribution in [3.63, 3.8) is 0 Å². The third-order valence-corrected chi connectivity index (χ3v) is 8.16. The Balaban J connectivity index is 2.01. The molecular weight excluding hydrogens is 454 g/mol. The van der Waals surface area contributed by atoms with Gasteiger partial charge in [-0.1, -0.05) is 30.7 Å². The summed E-state index contributed by atoms with van der Waals surface area (Å²) in [7, 11) is 1.55. The zero-order valence-corrected chi connectivity index (χ0v) is 21.5. The van der Waals surface area contributed by atoms with E-state index >= 15 is 0 Å². The van der Waals surface area contributed by atoms with Crippen molar-refractivity contribution in [2.24, 2.45) is 5.92 Å². The molecule has 1 heterocycles. The Bertz CT molecular complexity index is 1120. The van der Waals surface area contributed by atoms with Crippen molar-refractivity contribution < 1.29 is 23.1 Å². The number of rotatable bonds is 7. The Morgan fingerprint density at radius 1 is 1.15 bits per heavy atom. The van der Waals surface area contributed by atoms with Gasteiger partial charge in [0.1, 0.15) is 6.10 Å². The van der Waals surface area contributed by atoms with Crippen molar-refractivity contribution in [1.82, 2.24) is 9.21 Å². The molecule has 0 spiro atoms. The molecule has 0 aliphatic carbocycles. The summed E-state index contributed by atoms with van der Waals surface area (Å²) in [4.78, 5) is 17.2. The van der Waals surface area contributed by atoms with Gasteiger partial charge in [0.05, 0.1) is 35.3 Å². The number of likely N-dealkylation sites (N-methyl/N-ethyl adjacent to an activating group) is 1. The third-order valence-electron chi connectivity index (χ3n) is 6.32. The molecule has 0 bridgehead atoms. The molecule has 0 fully saturated rings. The van der Waals surface area contributed by atoms with Gasteiger partial charge >= 0.3 is 0 Å². The van der Waals surface area contributed by atoms with Gasteiger partial charge in [-0.05, 0) is 38.1 Å². The summed E-state index contributed by atoms with van der Waals surface area (Å²) >= 11 is 0. The van der Waals surface area contributed by atoms with Gasteiger partial charge in [0, 0.05) is 33.6 Å². The van der Waals surface area contributed by atoms with Crippen LogP contribution in [0.25, 0.3) is 0 Å². The minimum absolute atomic E-state index is 0.105. The quantitative estimate of drug-likeness (QED) is 0.643. The van der Waals surface area contributed by atoms with Gasteiger partial charge in [-0.25, -0.2) is 8.42 Å². The zero-order chi connectivity index (χ0) is 25.2. The summed E-state index contributed by atoms with van der Waals surface area (Å²) in [5, 5.41) is 9.79. The van der Waals surface area contributed by atoms with Crippen molar-refractivity contribution >= 4 is 21.6 Å². The van der Waals surface area contributed by atoms with Gasteiger partial charge in [0.2, 0.25) is 10.0 Å². The summed E-state index contributed by atoms with van der Waals surface area (Å²) in [5.74, 6) is 0.00786.